The molecule has 2 atom stereocenters. The van der Waals surface area contributed by atoms with Crippen molar-refractivity contribution < 1.29 is 9.59 Å². The molecule has 5 rings (SSSR count). The topological polar surface area (TPSA) is 70.2 Å². The van der Waals surface area contributed by atoms with E-state index in [2.05, 4.69) is 34.0 Å². The van der Waals surface area contributed by atoms with Crippen molar-refractivity contribution >= 4 is 28.8 Å². The zero-order chi connectivity index (χ0) is 24.9. The Morgan fingerprint density at radius 2 is 1.64 bits per heavy atom. The number of nitrogens with one attached hydrogen (secondary N) is 3. The van der Waals surface area contributed by atoms with Crippen LogP contribution in [0.2, 0.25) is 0 Å². The molecule has 2 unspecified atom stereocenters. The lowest BCUT2D eigenvalue weighted by molar-refractivity contribution is -0.117. The third-order valence-electron chi connectivity index (χ3n) is 6.83. The minimum absolute atomic E-state index is 0.0527. The predicted molar refractivity (Wildman–Crippen MR) is 145 cm³/mol. The summed E-state index contributed by atoms with van der Waals surface area (Å²) in [6.45, 7) is 0. The van der Waals surface area contributed by atoms with Gasteiger partial charge in [0.25, 0.3) is 0 Å². The fraction of sp³-hybridized carbons (Fsp3) is 0.226. The maximum Gasteiger partial charge on any atom is 0.224 e. The van der Waals surface area contributed by atoms with Crippen LogP contribution in [0.15, 0.2) is 90.1 Å². The second-order valence-electron chi connectivity index (χ2n) is 9.31. The average Bonchev–Trinajstić information content (AvgIpc) is 3.07. The van der Waals surface area contributed by atoms with Gasteiger partial charge >= 0.3 is 0 Å². The van der Waals surface area contributed by atoms with Crippen LogP contribution in [0.1, 0.15) is 55.2 Å². The number of hydrogen-bond donors (Lipinski definition) is 3. The highest BCUT2D eigenvalue weighted by atomic mass is 16.1. The molecular formula is C31H29N3O2. The number of amides is 1. The fourth-order valence-corrected chi connectivity index (χ4v) is 5.04. The van der Waals surface area contributed by atoms with Crippen LogP contribution in [0.3, 0.4) is 0 Å². The first kappa shape index (κ1) is 23.4. The maximum absolute atomic E-state index is 13.6. The summed E-state index contributed by atoms with van der Waals surface area (Å²) in [6, 6.07) is 25.7. The summed E-state index contributed by atoms with van der Waals surface area (Å²) in [7, 11) is 0. The van der Waals surface area contributed by atoms with Crippen molar-refractivity contribution in [2.45, 2.75) is 44.1 Å². The van der Waals surface area contributed by atoms with Gasteiger partial charge in [-0.05, 0) is 54.2 Å². The first-order valence-corrected chi connectivity index (χ1v) is 12.4. The van der Waals surface area contributed by atoms with Crippen molar-refractivity contribution in [2.24, 2.45) is 0 Å². The van der Waals surface area contributed by atoms with Gasteiger partial charge in [-0.2, -0.15) is 0 Å². The number of benzene rings is 3. The molecule has 3 aromatic carbocycles. The highest BCUT2D eigenvalue weighted by Crippen LogP contribution is 2.44. The molecule has 1 heterocycles. The summed E-state index contributed by atoms with van der Waals surface area (Å²) in [4.78, 5) is 25.8. The van der Waals surface area contributed by atoms with E-state index >= 15 is 0 Å². The van der Waals surface area contributed by atoms with Gasteiger partial charge in [0, 0.05) is 36.2 Å². The van der Waals surface area contributed by atoms with Crippen molar-refractivity contribution in [2.75, 3.05) is 16.0 Å². The number of anilines is 3. The second kappa shape index (κ2) is 10.5. The van der Waals surface area contributed by atoms with E-state index < -0.39 is 0 Å². The van der Waals surface area contributed by atoms with Gasteiger partial charge in [-0.25, -0.2) is 0 Å². The summed E-state index contributed by atoms with van der Waals surface area (Å²) >= 11 is 0. The van der Waals surface area contributed by atoms with Crippen molar-refractivity contribution in [1.82, 2.24) is 0 Å². The molecule has 5 heteroatoms. The number of carbonyl (C=O) groups excluding carboxylic acids is 2. The minimum atomic E-state index is -0.291. The molecule has 36 heavy (non-hydrogen) atoms. The molecule has 3 N–H and O–H groups in total. The van der Waals surface area contributed by atoms with Crippen LogP contribution < -0.4 is 16.0 Å². The number of fused-ring (bicyclic) bond motifs is 1. The van der Waals surface area contributed by atoms with Crippen LogP contribution in [-0.4, -0.2) is 11.7 Å². The predicted octanol–water partition coefficient (Wildman–Crippen LogP) is 6.41. The highest BCUT2D eigenvalue weighted by Gasteiger charge is 2.36. The molecule has 0 bridgehead atoms. The zero-order valence-electron chi connectivity index (χ0n) is 20.1. The van der Waals surface area contributed by atoms with Crippen LogP contribution in [0.5, 0.6) is 0 Å². The molecule has 0 fully saturated rings. The molecule has 3 aromatic rings. The fourth-order valence-electron chi connectivity index (χ4n) is 5.04. The van der Waals surface area contributed by atoms with Crippen LogP contribution >= 0.6 is 0 Å². The number of ketones is 1. The smallest absolute Gasteiger partial charge is 0.224 e. The number of carbonyl (C=O) groups is 2. The molecule has 0 aromatic heterocycles. The normalized spacial score (nSPS) is 18.6. The summed E-state index contributed by atoms with van der Waals surface area (Å²) in [5.41, 5.74) is 6.54. The second-order valence-corrected chi connectivity index (χ2v) is 9.31. The van der Waals surface area contributed by atoms with Gasteiger partial charge in [0.05, 0.1) is 17.4 Å². The molecule has 1 aliphatic carbocycles. The van der Waals surface area contributed by atoms with Gasteiger partial charge in [-0.15, -0.1) is 12.3 Å². The van der Waals surface area contributed by atoms with E-state index in [9.17, 15) is 9.59 Å². The Morgan fingerprint density at radius 3 is 2.39 bits per heavy atom. The molecule has 2 aliphatic rings. The van der Waals surface area contributed by atoms with Crippen LogP contribution in [0.25, 0.3) is 0 Å². The number of allylic oxidation sites excluding steroid dienone is 1. The first-order chi connectivity index (χ1) is 17.6. The SMILES string of the molecule is C#CCCCC(=O)Nc1ccc(C2Nc3ccccc3NC3=C2C(=O)CC(c2ccccc2)C3)cc1. The van der Waals surface area contributed by atoms with Crippen LogP contribution in [0, 0.1) is 12.3 Å². The molecule has 0 saturated carbocycles. The Bertz CT molecular complexity index is 1340. The maximum atomic E-state index is 13.6. The molecule has 0 radical (unpaired) electrons. The monoisotopic (exact) mass is 475 g/mol. The molecule has 1 amide bonds. The van der Waals surface area contributed by atoms with Gasteiger partial charge in [0.1, 0.15) is 0 Å². The standard InChI is InChI=1S/C31H29N3O2/c1-2-3-5-14-29(36)32-24-17-15-22(16-18-24)31-30-27(33-25-12-8-9-13-26(25)34-31)19-23(20-28(30)35)21-10-6-4-7-11-21/h1,4,6-13,15-18,23,31,33-34H,3,5,14,19-20H2,(H,32,36). The molecular weight excluding hydrogens is 446 g/mol. The number of rotatable bonds is 6. The van der Waals surface area contributed by atoms with E-state index in [4.69, 9.17) is 6.42 Å². The van der Waals surface area contributed by atoms with E-state index in [1.165, 1.54) is 5.56 Å². The number of unbranched alkanes of at least 4 members (excludes halogenated alkanes) is 1. The Morgan fingerprint density at radius 1 is 0.917 bits per heavy atom. The summed E-state index contributed by atoms with van der Waals surface area (Å²) in [5, 5.41) is 10.1. The van der Waals surface area contributed by atoms with Crippen molar-refractivity contribution in [3.8, 4) is 12.3 Å². The summed E-state index contributed by atoms with van der Waals surface area (Å²) < 4.78 is 0. The van der Waals surface area contributed by atoms with Crippen LogP contribution in [0.4, 0.5) is 17.1 Å². The zero-order valence-corrected chi connectivity index (χ0v) is 20.1. The quantitative estimate of drug-likeness (QED) is 0.285. The molecule has 5 nitrogen and oxygen atoms in total. The lowest BCUT2D eigenvalue weighted by Gasteiger charge is -2.30. The van der Waals surface area contributed by atoms with E-state index in [1.54, 1.807) is 0 Å². The van der Waals surface area contributed by atoms with Gasteiger partial charge in [-0.1, -0.05) is 54.6 Å². The summed E-state index contributed by atoms with van der Waals surface area (Å²) in [5.74, 6) is 2.79. The number of Topliss-reactive ketones (excluding diaryl/α,β-unsaturated/α-hetero) is 1. The van der Waals surface area contributed by atoms with Crippen molar-refractivity contribution in [3.05, 3.63) is 101 Å². The van der Waals surface area contributed by atoms with E-state index in [-0.39, 0.29) is 23.7 Å². The minimum Gasteiger partial charge on any atom is -0.372 e. The lowest BCUT2D eigenvalue weighted by Crippen LogP contribution is -2.26. The molecule has 0 saturated heterocycles. The Labute approximate surface area is 212 Å². The molecule has 0 spiro atoms. The molecule has 180 valence electrons. The Balaban J connectivity index is 1.44. The average molecular weight is 476 g/mol. The van der Waals surface area contributed by atoms with Gasteiger partial charge in [0.15, 0.2) is 5.78 Å². The molecule has 1 aliphatic heterocycles. The van der Waals surface area contributed by atoms with Crippen molar-refractivity contribution in [3.63, 3.8) is 0 Å². The third-order valence-corrected chi connectivity index (χ3v) is 6.83. The number of hydrogen-bond acceptors (Lipinski definition) is 4. The Kier molecular flexibility index (Phi) is 6.86. The van der Waals surface area contributed by atoms with Crippen LogP contribution in [-0.2, 0) is 9.59 Å². The largest absolute Gasteiger partial charge is 0.372 e. The van der Waals surface area contributed by atoms with E-state index in [0.717, 1.165) is 40.3 Å². The number of terminal acetylenes is 1. The Hall–Kier alpha value is -4.30. The van der Waals surface area contributed by atoms with Crippen molar-refractivity contribution in [1.29, 1.82) is 0 Å². The van der Waals surface area contributed by atoms with E-state index in [0.29, 0.717) is 25.7 Å². The third kappa shape index (κ3) is 5.04. The van der Waals surface area contributed by atoms with E-state index in [1.807, 2.05) is 66.7 Å². The van der Waals surface area contributed by atoms with Gasteiger partial charge in [-0.3, -0.25) is 9.59 Å². The summed E-state index contributed by atoms with van der Waals surface area (Å²) in [6.07, 6.45) is 8.17. The first-order valence-electron chi connectivity index (χ1n) is 12.4. The van der Waals surface area contributed by atoms with Gasteiger partial charge < -0.3 is 16.0 Å². The number of para-hydroxylation sites is 2. The highest BCUT2D eigenvalue weighted by molar-refractivity contribution is 6.01. The lowest BCUT2D eigenvalue weighted by atomic mass is 9.78. The van der Waals surface area contributed by atoms with Gasteiger partial charge in [0.2, 0.25) is 5.91 Å².